The van der Waals surface area contributed by atoms with Crippen molar-refractivity contribution in [1.82, 2.24) is 4.98 Å². The fraction of sp³-hybridized carbons (Fsp3) is 0.643. The van der Waals surface area contributed by atoms with E-state index in [1.165, 1.54) is 12.1 Å². The molecule has 110 valence electrons. The molecule has 20 heavy (non-hydrogen) atoms. The first-order valence-electron chi connectivity index (χ1n) is 6.78. The summed E-state index contributed by atoms with van der Waals surface area (Å²) in [6, 6.07) is 2.90. The van der Waals surface area contributed by atoms with Crippen LogP contribution in [-0.2, 0) is 0 Å². The Bertz CT molecular complexity index is 526. The normalized spacial score (nSPS) is 19.4. The van der Waals surface area contributed by atoms with Gasteiger partial charge in [0.25, 0.3) is 5.69 Å². The molecule has 1 aromatic heterocycles. The molecule has 0 aromatic carbocycles. The topological polar surface area (TPSA) is 80.1 Å². The van der Waals surface area contributed by atoms with Gasteiger partial charge in [0, 0.05) is 13.6 Å². The van der Waals surface area contributed by atoms with Gasteiger partial charge in [-0.2, -0.15) is 0 Å². The summed E-state index contributed by atoms with van der Waals surface area (Å²) >= 11 is 0. The highest BCUT2D eigenvalue weighted by atomic mass is 16.6. The lowest BCUT2D eigenvalue weighted by molar-refractivity contribution is -0.384. The molecule has 1 heterocycles. The number of hydrogen-bond donors (Lipinski definition) is 2. The second-order valence-electron chi connectivity index (χ2n) is 6.48. The number of aromatic nitrogens is 1. The predicted octanol–water partition coefficient (Wildman–Crippen LogP) is 3.13. The van der Waals surface area contributed by atoms with Crippen molar-refractivity contribution in [2.45, 2.75) is 27.7 Å². The third-order valence-electron chi connectivity index (χ3n) is 5.08. The number of hydrogen-bond acceptors (Lipinski definition) is 5. The van der Waals surface area contributed by atoms with Gasteiger partial charge < -0.3 is 10.6 Å². The average Bonchev–Trinajstić information content (AvgIpc) is 2.76. The van der Waals surface area contributed by atoms with E-state index in [-0.39, 0.29) is 16.5 Å². The first-order valence-corrected chi connectivity index (χ1v) is 6.78. The Morgan fingerprint density at radius 3 is 2.25 bits per heavy atom. The van der Waals surface area contributed by atoms with Crippen molar-refractivity contribution >= 4 is 17.3 Å². The van der Waals surface area contributed by atoms with Crippen molar-refractivity contribution in [2.75, 3.05) is 24.2 Å². The van der Waals surface area contributed by atoms with Gasteiger partial charge in [-0.3, -0.25) is 10.1 Å². The molecule has 2 rings (SSSR count). The molecule has 1 aromatic rings. The lowest BCUT2D eigenvalue weighted by atomic mass is 10.0. The molecule has 0 spiro atoms. The Morgan fingerprint density at radius 2 is 1.80 bits per heavy atom. The quantitative estimate of drug-likeness (QED) is 0.639. The van der Waals surface area contributed by atoms with Crippen molar-refractivity contribution in [1.29, 1.82) is 0 Å². The zero-order chi connectivity index (χ0) is 15.1. The van der Waals surface area contributed by atoms with Gasteiger partial charge in [-0.05, 0) is 16.7 Å². The van der Waals surface area contributed by atoms with Crippen LogP contribution < -0.4 is 10.6 Å². The summed E-state index contributed by atoms with van der Waals surface area (Å²) in [6.07, 6.45) is 0. The van der Waals surface area contributed by atoms with Crippen LogP contribution in [0.15, 0.2) is 12.1 Å². The van der Waals surface area contributed by atoms with E-state index in [2.05, 4.69) is 43.3 Å². The molecule has 0 radical (unpaired) electrons. The Morgan fingerprint density at radius 1 is 1.25 bits per heavy atom. The second kappa shape index (κ2) is 4.61. The summed E-state index contributed by atoms with van der Waals surface area (Å²) in [6.45, 7) is 9.77. The summed E-state index contributed by atoms with van der Waals surface area (Å²) in [5.41, 5.74) is 0.611. The van der Waals surface area contributed by atoms with Crippen LogP contribution in [0.3, 0.4) is 0 Å². The summed E-state index contributed by atoms with van der Waals surface area (Å²) in [5.74, 6) is 1.58. The van der Waals surface area contributed by atoms with Gasteiger partial charge in [0.2, 0.25) is 0 Å². The zero-order valence-electron chi connectivity index (χ0n) is 12.7. The SMILES string of the molecule is CNc1cc([N+](=O)[O-])cc(NCC2C(C)(C)C2(C)C)n1. The van der Waals surface area contributed by atoms with Crippen LogP contribution in [0.5, 0.6) is 0 Å². The van der Waals surface area contributed by atoms with E-state index in [9.17, 15) is 10.1 Å². The average molecular weight is 278 g/mol. The van der Waals surface area contributed by atoms with Crippen molar-refractivity contribution < 1.29 is 4.92 Å². The van der Waals surface area contributed by atoms with Gasteiger partial charge in [-0.25, -0.2) is 4.98 Å². The van der Waals surface area contributed by atoms with Crippen molar-refractivity contribution in [3.63, 3.8) is 0 Å². The highest BCUT2D eigenvalue weighted by Crippen LogP contribution is 2.68. The molecule has 0 unspecified atom stereocenters. The Labute approximate surface area is 119 Å². The van der Waals surface area contributed by atoms with Crippen molar-refractivity contribution in [3.05, 3.63) is 22.2 Å². The van der Waals surface area contributed by atoms with E-state index >= 15 is 0 Å². The van der Waals surface area contributed by atoms with Crippen LogP contribution in [0.2, 0.25) is 0 Å². The highest BCUT2D eigenvalue weighted by Gasteiger charge is 2.64. The minimum Gasteiger partial charge on any atom is -0.373 e. The summed E-state index contributed by atoms with van der Waals surface area (Å²) < 4.78 is 0. The molecule has 1 saturated carbocycles. The lowest BCUT2D eigenvalue weighted by Crippen LogP contribution is -2.10. The van der Waals surface area contributed by atoms with E-state index in [0.29, 0.717) is 17.6 Å². The molecule has 1 aliphatic carbocycles. The molecular formula is C14H22N4O2. The Hall–Kier alpha value is -1.85. The van der Waals surface area contributed by atoms with Gasteiger partial charge in [0.1, 0.15) is 11.6 Å². The first kappa shape index (κ1) is 14.6. The minimum atomic E-state index is -0.404. The maximum Gasteiger partial charge on any atom is 0.276 e. The molecule has 0 atom stereocenters. The van der Waals surface area contributed by atoms with Gasteiger partial charge in [0.05, 0.1) is 17.1 Å². The third-order valence-corrected chi connectivity index (χ3v) is 5.08. The largest absolute Gasteiger partial charge is 0.373 e. The molecule has 0 bridgehead atoms. The lowest BCUT2D eigenvalue weighted by Gasteiger charge is -2.08. The standard InChI is InChI=1S/C14H22N4O2/c1-13(2)10(14(13,3)4)8-16-12-7-9(18(19)20)6-11(15-5)17-12/h6-7,10H,8H2,1-5H3,(H2,15,16,17). The second-order valence-corrected chi connectivity index (χ2v) is 6.48. The van der Waals surface area contributed by atoms with E-state index < -0.39 is 4.92 Å². The van der Waals surface area contributed by atoms with Gasteiger partial charge in [-0.15, -0.1) is 0 Å². The molecule has 2 N–H and O–H groups in total. The Kier molecular flexibility index (Phi) is 3.36. The first-order chi connectivity index (χ1) is 9.20. The third kappa shape index (κ3) is 2.30. The number of nitro groups is 1. The minimum absolute atomic E-state index is 0.0427. The van der Waals surface area contributed by atoms with Gasteiger partial charge in [-0.1, -0.05) is 27.7 Å². The molecule has 1 aliphatic rings. The summed E-state index contributed by atoms with van der Waals surface area (Å²) in [4.78, 5) is 14.8. The Balaban J connectivity index is 2.11. The highest BCUT2D eigenvalue weighted by molar-refractivity contribution is 5.54. The number of anilines is 2. The fourth-order valence-electron chi connectivity index (χ4n) is 2.89. The van der Waals surface area contributed by atoms with Crippen LogP contribution in [0, 0.1) is 26.9 Å². The summed E-state index contributed by atoms with van der Waals surface area (Å²) in [7, 11) is 1.70. The van der Waals surface area contributed by atoms with Gasteiger partial charge in [0.15, 0.2) is 0 Å². The maximum absolute atomic E-state index is 10.9. The van der Waals surface area contributed by atoms with Crippen LogP contribution in [-0.4, -0.2) is 23.5 Å². The molecular weight excluding hydrogens is 256 g/mol. The van der Waals surface area contributed by atoms with Crippen LogP contribution in [0.4, 0.5) is 17.3 Å². The fourth-order valence-corrected chi connectivity index (χ4v) is 2.89. The van der Waals surface area contributed by atoms with Crippen molar-refractivity contribution in [2.24, 2.45) is 16.7 Å². The predicted molar refractivity (Wildman–Crippen MR) is 80.0 cm³/mol. The van der Waals surface area contributed by atoms with Crippen LogP contribution >= 0.6 is 0 Å². The van der Waals surface area contributed by atoms with E-state index in [0.717, 1.165) is 6.54 Å². The maximum atomic E-state index is 10.9. The number of nitrogens with zero attached hydrogens (tertiary/aromatic N) is 2. The number of rotatable bonds is 5. The molecule has 6 nitrogen and oxygen atoms in total. The zero-order valence-corrected chi connectivity index (χ0v) is 12.7. The van der Waals surface area contributed by atoms with E-state index in [4.69, 9.17) is 0 Å². The summed E-state index contributed by atoms with van der Waals surface area (Å²) in [5, 5.41) is 17.0. The van der Waals surface area contributed by atoms with E-state index in [1.54, 1.807) is 7.05 Å². The van der Waals surface area contributed by atoms with Crippen LogP contribution in [0.25, 0.3) is 0 Å². The monoisotopic (exact) mass is 278 g/mol. The number of pyridine rings is 1. The van der Waals surface area contributed by atoms with Gasteiger partial charge >= 0.3 is 0 Å². The molecule has 6 heteroatoms. The van der Waals surface area contributed by atoms with Crippen molar-refractivity contribution in [3.8, 4) is 0 Å². The molecule has 0 saturated heterocycles. The van der Waals surface area contributed by atoms with Crippen LogP contribution in [0.1, 0.15) is 27.7 Å². The molecule has 0 amide bonds. The molecule has 0 aliphatic heterocycles. The van der Waals surface area contributed by atoms with E-state index in [1.807, 2.05) is 0 Å². The smallest absolute Gasteiger partial charge is 0.276 e. The number of nitrogens with one attached hydrogen (secondary N) is 2. The molecule has 1 fully saturated rings.